The van der Waals surface area contributed by atoms with Crippen molar-refractivity contribution in [2.75, 3.05) is 13.2 Å². The average Bonchev–Trinajstić information content (AvgIpc) is 2.10. The third-order valence-electron chi connectivity index (χ3n) is 2.08. The summed E-state index contributed by atoms with van der Waals surface area (Å²) in [6.45, 7) is 1.91. The zero-order valence-electron chi connectivity index (χ0n) is 7.70. The number of nitrogens with two attached hydrogens (primary N) is 1. The molecular weight excluding hydrogens is 201 g/mol. The van der Waals surface area contributed by atoms with Gasteiger partial charge in [0.2, 0.25) is 0 Å². The van der Waals surface area contributed by atoms with E-state index < -0.39 is 0 Å². The molecule has 0 bridgehead atoms. The van der Waals surface area contributed by atoms with E-state index in [1.807, 2.05) is 6.07 Å². The molecule has 76 valence electrons. The first-order valence-corrected chi connectivity index (χ1v) is 5.40. The van der Waals surface area contributed by atoms with Crippen molar-refractivity contribution in [3.8, 4) is 0 Å². The van der Waals surface area contributed by atoms with E-state index in [9.17, 15) is 4.39 Å². The molecule has 0 aliphatic carbocycles. The second kappa shape index (κ2) is 4.29. The number of hydrogen-bond acceptors (Lipinski definition) is 3. The molecule has 1 aromatic carbocycles. The maximum atomic E-state index is 13.1. The zero-order valence-corrected chi connectivity index (χ0v) is 8.52. The predicted molar refractivity (Wildman–Crippen MR) is 54.8 cm³/mol. The van der Waals surface area contributed by atoms with Gasteiger partial charge in [0.25, 0.3) is 0 Å². The van der Waals surface area contributed by atoms with Gasteiger partial charge in [-0.05, 0) is 23.8 Å². The van der Waals surface area contributed by atoms with Gasteiger partial charge in [-0.15, -0.1) is 11.8 Å². The summed E-state index contributed by atoms with van der Waals surface area (Å²) in [5.74, 6) is -0.212. The molecule has 2 N–H and O–H groups in total. The molecule has 14 heavy (non-hydrogen) atoms. The van der Waals surface area contributed by atoms with E-state index in [0.717, 1.165) is 23.7 Å². The van der Waals surface area contributed by atoms with Crippen molar-refractivity contribution in [2.45, 2.75) is 16.7 Å². The number of halogens is 1. The van der Waals surface area contributed by atoms with Gasteiger partial charge in [0, 0.05) is 11.4 Å². The summed E-state index contributed by atoms with van der Waals surface area (Å²) in [5, 5.41) is 0.474. The molecule has 0 atom stereocenters. The fraction of sp³-hybridized carbons (Fsp3) is 0.400. The molecule has 0 aromatic heterocycles. The lowest BCUT2D eigenvalue weighted by atomic mass is 10.2. The Hall–Kier alpha value is -0.580. The van der Waals surface area contributed by atoms with Crippen LogP contribution in [-0.2, 0) is 11.3 Å². The van der Waals surface area contributed by atoms with Gasteiger partial charge in [-0.1, -0.05) is 0 Å². The molecule has 0 saturated carbocycles. The van der Waals surface area contributed by atoms with Gasteiger partial charge < -0.3 is 10.5 Å². The number of rotatable bonds is 3. The van der Waals surface area contributed by atoms with Gasteiger partial charge in [-0.25, -0.2) is 4.39 Å². The van der Waals surface area contributed by atoms with Crippen LogP contribution in [0.2, 0.25) is 0 Å². The summed E-state index contributed by atoms with van der Waals surface area (Å²) in [7, 11) is 0. The lowest BCUT2D eigenvalue weighted by molar-refractivity contribution is 0.0455. The number of benzene rings is 1. The molecule has 1 aliphatic rings. The van der Waals surface area contributed by atoms with Crippen LogP contribution in [0.4, 0.5) is 4.39 Å². The number of ether oxygens (including phenoxy) is 1. The average molecular weight is 213 g/mol. The van der Waals surface area contributed by atoms with Crippen molar-refractivity contribution < 1.29 is 9.13 Å². The van der Waals surface area contributed by atoms with Crippen molar-refractivity contribution in [2.24, 2.45) is 5.73 Å². The Kier molecular flexibility index (Phi) is 3.05. The van der Waals surface area contributed by atoms with Crippen molar-refractivity contribution in [1.29, 1.82) is 0 Å². The van der Waals surface area contributed by atoms with Crippen LogP contribution < -0.4 is 5.73 Å². The monoisotopic (exact) mass is 213 g/mol. The fourth-order valence-electron chi connectivity index (χ4n) is 1.28. The molecular formula is C10H12FNOS. The standard InChI is InChI=1S/C10H12FNOS/c11-8-1-7(4-12)2-9(3-8)14-10-5-13-6-10/h1-3,10H,4-6,12H2. The minimum atomic E-state index is -0.212. The highest BCUT2D eigenvalue weighted by molar-refractivity contribution is 8.00. The van der Waals surface area contributed by atoms with E-state index in [1.54, 1.807) is 17.8 Å². The Morgan fingerprint density at radius 2 is 2.21 bits per heavy atom. The van der Waals surface area contributed by atoms with Gasteiger partial charge in [0.05, 0.1) is 18.5 Å². The van der Waals surface area contributed by atoms with E-state index in [1.165, 1.54) is 6.07 Å². The van der Waals surface area contributed by atoms with Gasteiger partial charge in [-0.3, -0.25) is 0 Å². The molecule has 1 aromatic rings. The quantitative estimate of drug-likeness (QED) is 0.831. The number of hydrogen-bond donors (Lipinski definition) is 1. The summed E-state index contributed by atoms with van der Waals surface area (Å²) in [6, 6.07) is 4.95. The van der Waals surface area contributed by atoms with Crippen LogP contribution in [0.25, 0.3) is 0 Å². The Morgan fingerprint density at radius 3 is 2.79 bits per heavy atom. The SMILES string of the molecule is NCc1cc(F)cc(SC2COC2)c1. The first kappa shape index (κ1) is 9.96. The van der Waals surface area contributed by atoms with Gasteiger partial charge in [0.15, 0.2) is 0 Å². The highest BCUT2D eigenvalue weighted by Crippen LogP contribution is 2.29. The summed E-state index contributed by atoms with van der Waals surface area (Å²) in [5.41, 5.74) is 6.30. The largest absolute Gasteiger partial charge is 0.379 e. The third-order valence-corrected chi connectivity index (χ3v) is 3.19. The smallest absolute Gasteiger partial charge is 0.124 e. The molecule has 1 heterocycles. The summed E-state index contributed by atoms with van der Waals surface area (Å²) in [4.78, 5) is 0.943. The van der Waals surface area contributed by atoms with Gasteiger partial charge >= 0.3 is 0 Å². The maximum absolute atomic E-state index is 13.1. The Bertz CT molecular complexity index is 328. The van der Waals surface area contributed by atoms with Crippen molar-refractivity contribution in [3.63, 3.8) is 0 Å². The lowest BCUT2D eigenvalue weighted by Crippen LogP contribution is -2.30. The highest BCUT2D eigenvalue weighted by atomic mass is 32.2. The molecule has 1 fully saturated rings. The molecule has 0 radical (unpaired) electrons. The van der Waals surface area contributed by atoms with Crippen LogP contribution in [0.5, 0.6) is 0 Å². The van der Waals surface area contributed by atoms with E-state index in [2.05, 4.69) is 0 Å². The predicted octanol–water partition coefficient (Wildman–Crippen LogP) is 1.78. The molecule has 1 aliphatic heterocycles. The van der Waals surface area contributed by atoms with Crippen LogP contribution >= 0.6 is 11.8 Å². The third kappa shape index (κ3) is 2.26. The summed E-state index contributed by atoms with van der Waals surface area (Å²) >= 11 is 1.65. The van der Waals surface area contributed by atoms with Crippen LogP contribution in [0.15, 0.2) is 23.1 Å². The molecule has 0 spiro atoms. The van der Waals surface area contributed by atoms with Crippen LogP contribution in [0.1, 0.15) is 5.56 Å². The Morgan fingerprint density at radius 1 is 1.43 bits per heavy atom. The minimum absolute atomic E-state index is 0.212. The zero-order chi connectivity index (χ0) is 9.97. The highest BCUT2D eigenvalue weighted by Gasteiger charge is 2.19. The second-order valence-electron chi connectivity index (χ2n) is 3.28. The van der Waals surface area contributed by atoms with E-state index in [0.29, 0.717) is 11.8 Å². The molecule has 2 nitrogen and oxygen atoms in total. The van der Waals surface area contributed by atoms with Crippen molar-refractivity contribution >= 4 is 11.8 Å². The first-order chi connectivity index (χ1) is 6.78. The second-order valence-corrected chi connectivity index (χ2v) is 4.65. The van der Waals surface area contributed by atoms with Crippen LogP contribution in [-0.4, -0.2) is 18.5 Å². The van der Waals surface area contributed by atoms with Crippen LogP contribution in [0, 0.1) is 5.82 Å². The first-order valence-electron chi connectivity index (χ1n) is 4.52. The Balaban J connectivity index is 2.11. The normalized spacial score (nSPS) is 16.7. The minimum Gasteiger partial charge on any atom is -0.379 e. The van der Waals surface area contributed by atoms with Gasteiger partial charge in [0.1, 0.15) is 5.82 Å². The summed E-state index contributed by atoms with van der Waals surface area (Å²) < 4.78 is 18.1. The molecule has 0 unspecified atom stereocenters. The van der Waals surface area contributed by atoms with Crippen molar-refractivity contribution in [1.82, 2.24) is 0 Å². The van der Waals surface area contributed by atoms with E-state index in [4.69, 9.17) is 10.5 Å². The van der Waals surface area contributed by atoms with Crippen LogP contribution in [0.3, 0.4) is 0 Å². The molecule has 1 saturated heterocycles. The Labute approximate surface area is 86.6 Å². The summed E-state index contributed by atoms with van der Waals surface area (Å²) in [6.07, 6.45) is 0. The van der Waals surface area contributed by atoms with Crippen molar-refractivity contribution in [3.05, 3.63) is 29.6 Å². The topological polar surface area (TPSA) is 35.2 Å². The van der Waals surface area contributed by atoms with Gasteiger partial charge in [-0.2, -0.15) is 0 Å². The molecule has 2 rings (SSSR count). The lowest BCUT2D eigenvalue weighted by Gasteiger charge is -2.25. The molecule has 0 amide bonds. The maximum Gasteiger partial charge on any atom is 0.124 e. The fourth-order valence-corrected chi connectivity index (χ4v) is 2.39. The molecule has 4 heteroatoms. The van der Waals surface area contributed by atoms with E-state index >= 15 is 0 Å². The van der Waals surface area contributed by atoms with E-state index in [-0.39, 0.29) is 5.82 Å². The number of thioether (sulfide) groups is 1.